The van der Waals surface area contributed by atoms with Crippen LogP contribution in [-0.4, -0.2) is 16.1 Å². The summed E-state index contributed by atoms with van der Waals surface area (Å²) in [5, 5.41) is 4.57. The van der Waals surface area contributed by atoms with E-state index in [1.165, 1.54) is 0 Å². The molecule has 2 rings (SSSR count). The Morgan fingerprint density at radius 3 is 2.70 bits per heavy atom. The van der Waals surface area contributed by atoms with Crippen molar-refractivity contribution < 1.29 is 0 Å². The number of benzene rings is 1. The van der Waals surface area contributed by atoms with Gasteiger partial charge in [0.15, 0.2) is 0 Å². The van der Waals surface area contributed by atoms with Crippen LogP contribution in [0.15, 0.2) is 23.0 Å². The molecule has 0 unspecified atom stereocenters. The third-order valence-electron chi connectivity index (χ3n) is 3.29. The molecule has 1 aromatic heterocycles. The number of hydrogen-bond donors (Lipinski definition) is 1. The highest BCUT2D eigenvalue weighted by atomic mass is 35.5. The Morgan fingerprint density at radius 1 is 1.35 bits per heavy atom. The largest absolute Gasteiger partial charge is 0.307 e. The highest BCUT2D eigenvalue weighted by molar-refractivity contribution is 6.31. The Morgan fingerprint density at radius 2 is 2.05 bits per heavy atom. The molecule has 0 saturated heterocycles. The average Bonchev–Trinajstić information content (AvgIpc) is 2.39. The van der Waals surface area contributed by atoms with Crippen LogP contribution in [0.1, 0.15) is 32.6 Å². The van der Waals surface area contributed by atoms with E-state index in [-0.39, 0.29) is 11.6 Å². The van der Waals surface area contributed by atoms with Crippen molar-refractivity contribution in [3.05, 3.63) is 39.4 Å². The van der Waals surface area contributed by atoms with Gasteiger partial charge in [-0.05, 0) is 37.6 Å². The first-order valence-electron chi connectivity index (χ1n) is 6.79. The molecule has 0 fully saturated rings. The third kappa shape index (κ3) is 3.02. The van der Waals surface area contributed by atoms with Crippen LogP contribution in [-0.2, 0) is 7.05 Å². The standard InChI is InChI=1S/C15H20ClN3O/c1-9(2)8-17-10(3)14-18-13-7-11(16)5-6-12(13)15(20)19(14)4/h5-7,9-10,17H,8H2,1-4H3/t10-/m1/s1. The molecule has 108 valence electrons. The SMILES string of the molecule is CC(C)CN[C@H](C)c1nc2cc(Cl)ccc2c(=O)n1C. The lowest BCUT2D eigenvalue weighted by Crippen LogP contribution is -2.31. The maximum absolute atomic E-state index is 12.4. The van der Waals surface area contributed by atoms with Crippen molar-refractivity contribution in [3.63, 3.8) is 0 Å². The minimum Gasteiger partial charge on any atom is -0.307 e. The smallest absolute Gasteiger partial charge is 0.261 e. The van der Waals surface area contributed by atoms with Crippen LogP contribution in [0.5, 0.6) is 0 Å². The summed E-state index contributed by atoms with van der Waals surface area (Å²) in [7, 11) is 1.76. The van der Waals surface area contributed by atoms with Crippen LogP contribution in [0.4, 0.5) is 0 Å². The fourth-order valence-electron chi connectivity index (χ4n) is 2.15. The maximum Gasteiger partial charge on any atom is 0.261 e. The number of aromatic nitrogens is 2. The summed E-state index contributed by atoms with van der Waals surface area (Å²) < 4.78 is 1.61. The zero-order chi connectivity index (χ0) is 14.9. The van der Waals surface area contributed by atoms with Gasteiger partial charge in [0.05, 0.1) is 16.9 Å². The van der Waals surface area contributed by atoms with E-state index < -0.39 is 0 Å². The highest BCUT2D eigenvalue weighted by Gasteiger charge is 2.14. The van der Waals surface area contributed by atoms with E-state index in [4.69, 9.17) is 11.6 Å². The van der Waals surface area contributed by atoms with Crippen molar-refractivity contribution in [2.75, 3.05) is 6.54 Å². The zero-order valence-electron chi connectivity index (χ0n) is 12.3. The molecule has 0 spiro atoms. The molecule has 5 heteroatoms. The first kappa shape index (κ1) is 15.0. The number of nitrogens with zero attached hydrogens (tertiary/aromatic N) is 2. The lowest BCUT2D eigenvalue weighted by atomic mass is 10.2. The summed E-state index contributed by atoms with van der Waals surface area (Å²) in [4.78, 5) is 16.9. The van der Waals surface area contributed by atoms with Crippen LogP contribution < -0.4 is 10.9 Å². The van der Waals surface area contributed by atoms with Crippen LogP contribution in [0.2, 0.25) is 5.02 Å². The summed E-state index contributed by atoms with van der Waals surface area (Å²) in [5.74, 6) is 1.27. The monoisotopic (exact) mass is 293 g/mol. The number of halogens is 1. The summed E-state index contributed by atoms with van der Waals surface area (Å²) in [5.41, 5.74) is 0.605. The molecule has 2 aromatic rings. The molecule has 0 radical (unpaired) electrons. The molecule has 0 saturated carbocycles. The molecule has 1 aromatic carbocycles. The predicted molar refractivity (Wildman–Crippen MR) is 83.2 cm³/mol. The Bertz CT molecular complexity index is 679. The van der Waals surface area contributed by atoms with Gasteiger partial charge in [-0.15, -0.1) is 0 Å². The first-order valence-corrected chi connectivity index (χ1v) is 7.17. The van der Waals surface area contributed by atoms with Crippen molar-refractivity contribution in [1.29, 1.82) is 0 Å². The number of fused-ring (bicyclic) bond motifs is 1. The molecular weight excluding hydrogens is 274 g/mol. The number of hydrogen-bond acceptors (Lipinski definition) is 3. The molecule has 1 N–H and O–H groups in total. The quantitative estimate of drug-likeness (QED) is 0.943. The van der Waals surface area contributed by atoms with Crippen molar-refractivity contribution in [2.24, 2.45) is 13.0 Å². The third-order valence-corrected chi connectivity index (χ3v) is 3.53. The van der Waals surface area contributed by atoms with Gasteiger partial charge in [0, 0.05) is 12.1 Å². The van der Waals surface area contributed by atoms with Gasteiger partial charge in [0.1, 0.15) is 5.82 Å². The van der Waals surface area contributed by atoms with E-state index in [1.807, 2.05) is 6.92 Å². The second-order valence-electron chi connectivity index (χ2n) is 5.52. The molecule has 0 aliphatic heterocycles. The topological polar surface area (TPSA) is 46.9 Å². The molecule has 4 nitrogen and oxygen atoms in total. The van der Waals surface area contributed by atoms with Gasteiger partial charge < -0.3 is 5.32 Å². The van der Waals surface area contributed by atoms with Gasteiger partial charge in [-0.1, -0.05) is 25.4 Å². The molecule has 1 heterocycles. The van der Waals surface area contributed by atoms with E-state index in [9.17, 15) is 4.79 Å². The summed E-state index contributed by atoms with van der Waals surface area (Å²) >= 11 is 5.98. The molecule has 0 amide bonds. The number of rotatable bonds is 4. The van der Waals surface area contributed by atoms with Crippen LogP contribution in [0.25, 0.3) is 10.9 Å². The lowest BCUT2D eigenvalue weighted by Gasteiger charge is -2.18. The van der Waals surface area contributed by atoms with E-state index in [0.29, 0.717) is 21.8 Å². The fraction of sp³-hybridized carbons (Fsp3) is 0.467. The number of nitrogens with one attached hydrogen (secondary N) is 1. The second-order valence-corrected chi connectivity index (χ2v) is 5.96. The predicted octanol–water partition coefficient (Wildman–Crippen LogP) is 2.89. The normalized spacial score (nSPS) is 13.1. The second kappa shape index (κ2) is 5.94. The van der Waals surface area contributed by atoms with Crippen molar-refractivity contribution in [1.82, 2.24) is 14.9 Å². The van der Waals surface area contributed by atoms with Gasteiger partial charge in [0.25, 0.3) is 5.56 Å². The van der Waals surface area contributed by atoms with E-state index >= 15 is 0 Å². The Kier molecular flexibility index (Phi) is 4.45. The Hall–Kier alpha value is -1.39. The van der Waals surface area contributed by atoms with Gasteiger partial charge in [-0.25, -0.2) is 4.98 Å². The van der Waals surface area contributed by atoms with Gasteiger partial charge in [0.2, 0.25) is 0 Å². The van der Waals surface area contributed by atoms with Crippen LogP contribution in [0.3, 0.4) is 0 Å². The molecular formula is C15H20ClN3O. The average molecular weight is 294 g/mol. The summed E-state index contributed by atoms with van der Waals surface area (Å²) in [6.07, 6.45) is 0. The van der Waals surface area contributed by atoms with Crippen LogP contribution in [0, 0.1) is 5.92 Å². The Balaban J connectivity index is 2.48. The lowest BCUT2D eigenvalue weighted by molar-refractivity contribution is 0.468. The minimum atomic E-state index is -0.0418. The first-order chi connectivity index (χ1) is 9.40. The van der Waals surface area contributed by atoms with Gasteiger partial charge in [-0.2, -0.15) is 0 Å². The van der Waals surface area contributed by atoms with E-state index in [0.717, 1.165) is 12.4 Å². The summed E-state index contributed by atoms with van der Waals surface area (Å²) in [6, 6.07) is 5.19. The molecule has 0 aliphatic carbocycles. The highest BCUT2D eigenvalue weighted by Crippen LogP contribution is 2.17. The van der Waals surface area contributed by atoms with E-state index in [1.54, 1.807) is 29.8 Å². The fourth-order valence-corrected chi connectivity index (χ4v) is 2.32. The summed E-state index contributed by atoms with van der Waals surface area (Å²) in [6.45, 7) is 7.18. The zero-order valence-corrected chi connectivity index (χ0v) is 13.0. The Labute approximate surface area is 123 Å². The molecule has 0 aliphatic rings. The van der Waals surface area contributed by atoms with Crippen LogP contribution >= 0.6 is 11.6 Å². The van der Waals surface area contributed by atoms with Gasteiger partial charge >= 0.3 is 0 Å². The minimum absolute atomic E-state index is 0.0125. The van der Waals surface area contributed by atoms with Crippen molar-refractivity contribution in [2.45, 2.75) is 26.8 Å². The molecule has 20 heavy (non-hydrogen) atoms. The maximum atomic E-state index is 12.4. The molecule has 1 atom stereocenters. The molecule has 0 bridgehead atoms. The van der Waals surface area contributed by atoms with Gasteiger partial charge in [-0.3, -0.25) is 9.36 Å². The van der Waals surface area contributed by atoms with Crippen molar-refractivity contribution >= 4 is 22.5 Å². The van der Waals surface area contributed by atoms with Crippen molar-refractivity contribution in [3.8, 4) is 0 Å². The van der Waals surface area contributed by atoms with E-state index in [2.05, 4.69) is 24.1 Å².